The van der Waals surface area contributed by atoms with Gasteiger partial charge in [-0.25, -0.2) is 0 Å². The summed E-state index contributed by atoms with van der Waals surface area (Å²) >= 11 is 0. The van der Waals surface area contributed by atoms with Crippen molar-refractivity contribution in [2.45, 2.75) is 19.1 Å². The van der Waals surface area contributed by atoms with Crippen molar-refractivity contribution in [2.24, 2.45) is 0 Å². The molecule has 4 rings (SSSR count). The standard InChI is InChI=1S/C28H27O2P/c29-31(26-17-9-3-10-18-26,27-19-11-4-12-20-27)22-21-28(25-15-7-2-8-16-25)30-23-24-13-5-1-6-14-24/h1-20,28H,21-23H2/t28-/m0/s1. The van der Waals surface area contributed by atoms with Crippen LogP contribution in [0.25, 0.3) is 0 Å². The van der Waals surface area contributed by atoms with Crippen molar-refractivity contribution in [3.05, 3.63) is 132 Å². The van der Waals surface area contributed by atoms with Crippen LogP contribution in [-0.2, 0) is 15.9 Å². The van der Waals surface area contributed by atoms with Gasteiger partial charge in [0.05, 0.1) is 12.7 Å². The maximum Gasteiger partial charge on any atom is 0.143 e. The summed E-state index contributed by atoms with van der Waals surface area (Å²) in [6.45, 7) is 0.529. The first-order chi connectivity index (χ1) is 15.3. The predicted octanol–water partition coefficient (Wildman–Crippen LogP) is 6.35. The smallest absolute Gasteiger partial charge is 0.143 e. The third-order valence-electron chi connectivity index (χ3n) is 5.52. The van der Waals surface area contributed by atoms with Crippen LogP contribution in [0.15, 0.2) is 121 Å². The summed E-state index contributed by atoms with van der Waals surface area (Å²) in [5, 5.41) is 1.80. The van der Waals surface area contributed by atoms with Gasteiger partial charge in [-0.2, -0.15) is 0 Å². The minimum Gasteiger partial charge on any atom is -0.369 e. The molecule has 0 fully saturated rings. The number of benzene rings is 4. The quantitative estimate of drug-likeness (QED) is 0.292. The normalized spacial score (nSPS) is 12.4. The Morgan fingerprint density at radius 1 is 0.613 bits per heavy atom. The van der Waals surface area contributed by atoms with Crippen LogP contribution in [-0.4, -0.2) is 6.16 Å². The summed E-state index contributed by atoms with van der Waals surface area (Å²) in [5.74, 6) is 0. The van der Waals surface area contributed by atoms with E-state index < -0.39 is 7.14 Å². The third-order valence-corrected chi connectivity index (χ3v) is 8.67. The van der Waals surface area contributed by atoms with Gasteiger partial charge in [-0.1, -0.05) is 121 Å². The van der Waals surface area contributed by atoms with Gasteiger partial charge in [0.25, 0.3) is 0 Å². The van der Waals surface area contributed by atoms with Gasteiger partial charge in [0.2, 0.25) is 0 Å². The summed E-state index contributed by atoms with van der Waals surface area (Å²) in [5.41, 5.74) is 2.25. The molecule has 0 N–H and O–H groups in total. The first-order valence-corrected chi connectivity index (χ1v) is 12.6. The molecule has 3 heteroatoms. The molecule has 0 spiro atoms. The lowest BCUT2D eigenvalue weighted by atomic mass is 10.1. The predicted molar refractivity (Wildman–Crippen MR) is 130 cm³/mol. The van der Waals surface area contributed by atoms with Crippen molar-refractivity contribution in [2.75, 3.05) is 6.16 Å². The van der Waals surface area contributed by atoms with Crippen LogP contribution in [0, 0.1) is 0 Å². The minimum absolute atomic E-state index is 0.123. The lowest BCUT2D eigenvalue weighted by Gasteiger charge is -2.24. The van der Waals surface area contributed by atoms with Crippen molar-refractivity contribution in [3.63, 3.8) is 0 Å². The zero-order chi connectivity index (χ0) is 21.4. The monoisotopic (exact) mass is 426 g/mol. The van der Waals surface area contributed by atoms with E-state index in [2.05, 4.69) is 24.3 Å². The van der Waals surface area contributed by atoms with E-state index in [9.17, 15) is 4.57 Å². The number of hydrogen-bond acceptors (Lipinski definition) is 2. The topological polar surface area (TPSA) is 26.3 Å². The van der Waals surface area contributed by atoms with E-state index in [-0.39, 0.29) is 6.10 Å². The summed E-state index contributed by atoms with van der Waals surface area (Å²) in [4.78, 5) is 0. The van der Waals surface area contributed by atoms with Crippen molar-refractivity contribution < 1.29 is 9.30 Å². The zero-order valence-electron chi connectivity index (χ0n) is 17.5. The largest absolute Gasteiger partial charge is 0.369 e. The molecular weight excluding hydrogens is 399 g/mol. The Balaban J connectivity index is 1.59. The van der Waals surface area contributed by atoms with Crippen LogP contribution in [0.1, 0.15) is 23.7 Å². The Bertz CT molecular complexity index is 1050. The minimum atomic E-state index is -2.77. The molecule has 0 heterocycles. The number of rotatable bonds is 9. The highest BCUT2D eigenvalue weighted by atomic mass is 31.2. The molecule has 0 saturated carbocycles. The third kappa shape index (κ3) is 5.41. The van der Waals surface area contributed by atoms with E-state index in [1.807, 2.05) is 97.1 Å². The number of ether oxygens (including phenoxy) is 1. The molecule has 0 amide bonds. The average molecular weight is 426 g/mol. The molecule has 0 saturated heterocycles. The van der Waals surface area contributed by atoms with Crippen LogP contribution >= 0.6 is 7.14 Å². The molecule has 156 valence electrons. The van der Waals surface area contributed by atoms with Gasteiger partial charge >= 0.3 is 0 Å². The Labute approximate surface area is 184 Å². The van der Waals surface area contributed by atoms with E-state index >= 15 is 0 Å². The van der Waals surface area contributed by atoms with Gasteiger partial charge in [-0.3, -0.25) is 0 Å². The first-order valence-electron chi connectivity index (χ1n) is 10.7. The highest BCUT2D eigenvalue weighted by Gasteiger charge is 2.28. The highest BCUT2D eigenvalue weighted by Crippen LogP contribution is 2.45. The van der Waals surface area contributed by atoms with Gasteiger partial charge in [0, 0.05) is 16.8 Å². The second kappa shape index (κ2) is 10.4. The van der Waals surface area contributed by atoms with E-state index in [1.54, 1.807) is 0 Å². The van der Waals surface area contributed by atoms with Gasteiger partial charge in [0.15, 0.2) is 0 Å². The average Bonchev–Trinajstić information content (AvgIpc) is 2.86. The molecule has 0 aromatic heterocycles. The Morgan fingerprint density at radius 3 is 1.58 bits per heavy atom. The molecule has 4 aromatic rings. The molecule has 2 nitrogen and oxygen atoms in total. The molecule has 0 bridgehead atoms. The Kier molecular flexibility index (Phi) is 7.14. The van der Waals surface area contributed by atoms with E-state index in [0.717, 1.165) is 21.7 Å². The molecule has 0 aliphatic rings. The van der Waals surface area contributed by atoms with Crippen molar-refractivity contribution >= 4 is 17.8 Å². The molecule has 0 unspecified atom stereocenters. The van der Waals surface area contributed by atoms with Gasteiger partial charge in [-0.05, 0) is 17.5 Å². The maximum atomic E-state index is 14.4. The second-order valence-electron chi connectivity index (χ2n) is 7.62. The summed E-state index contributed by atoms with van der Waals surface area (Å²) in [6.07, 6.45) is 1.11. The maximum absolute atomic E-state index is 14.4. The molecule has 1 atom stereocenters. The molecule has 4 aromatic carbocycles. The van der Waals surface area contributed by atoms with Crippen LogP contribution in [0.5, 0.6) is 0 Å². The van der Waals surface area contributed by atoms with Crippen LogP contribution < -0.4 is 10.6 Å². The van der Waals surface area contributed by atoms with Gasteiger partial charge in [-0.15, -0.1) is 0 Å². The van der Waals surface area contributed by atoms with Crippen LogP contribution in [0.3, 0.4) is 0 Å². The SMILES string of the molecule is O=P(CC[C@H](OCc1ccccc1)c1ccccc1)(c1ccccc1)c1ccccc1. The van der Waals surface area contributed by atoms with E-state index in [0.29, 0.717) is 19.2 Å². The van der Waals surface area contributed by atoms with Crippen LogP contribution in [0.4, 0.5) is 0 Å². The van der Waals surface area contributed by atoms with Crippen molar-refractivity contribution in [1.29, 1.82) is 0 Å². The molecule has 0 aliphatic heterocycles. The highest BCUT2D eigenvalue weighted by molar-refractivity contribution is 7.78. The lowest BCUT2D eigenvalue weighted by molar-refractivity contribution is 0.0377. The fourth-order valence-corrected chi connectivity index (χ4v) is 6.55. The van der Waals surface area contributed by atoms with E-state index in [1.165, 1.54) is 0 Å². The van der Waals surface area contributed by atoms with Crippen molar-refractivity contribution in [3.8, 4) is 0 Å². The Hall–Kier alpha value is -2.93. The Morgan fingerprint density at radius 2 is 1.06 bits per heavy atom. The molecule has 0 aliphatic carbocycles. The van der Waals surface area contributed by atoms with Gasteiger partial charge < -0.3 is 9.30 Å². The summed E-state index contributed by atoms with van der Waals surface area (Å²) in [6, 6.07) is 40.2. The van der Waals surface area contributed by atoms with Crippen LogP contribution in [0.2, 0.25) is 0 Å². The van der Waals surface area contributed by atoms with E-state index in [4.69, 9.17) is 4.74 Å². The second-order valence-corrected chi connectivity index (χ2v) is 10.6. The fraction of sp³-hybridized carbons (Fsp3) is 0.143. The summed E-state index contributed by atoms with van der Waals surface area (Å²) in [7, 11) is -2.77. The lowest BCUT2D eigenvalue weighted by Crippen LogP contribution is -2.20. The first kappa shape index (κ1) is 21.3. The summed E-state index contributed by atoms with van der Waals surface area (Å²) < 4.78 is 20.7. The fourth-order valence-electron chi connectivity index (χ4n) is 3.83. The molecule has 0 radical (unpaired) electrons. The molecule has 31 heavy (non-hydrogen) atoms. The number of hydrogen-bond donors (Lipinski definition) is 0. The zero-order valence-corrected chi connectivity index (χ0v) is 18.4. The van der Waals surface area contributed by atoms with Crippen molar-refractivity contribution in [1.82, 2.24) is 0 Å². The van der Waals surface area contributed by atoms with Gasteiger partial charge in [0.1, 0.15) is 7.14 Å². The molecular formula is C28H27O2P.